The topological polar surface area (TPSA) is 76.5 Å². The third-order valence-corrected chi connectivity index (χ3v) is 6.70. The molecule has 7 nitrogen and oxygen atoms in total. The highest BCUT2D eigenvalue weighted by Crippen LogP contribution is 2.28. The number of hydrogen-bond acceptors (Lipinski definition) is 6. The Balaban J connectivity index is 2.02. The molecule has 3 rings (SSSR count). The molecule has 0 saturated carbocycles. The predicted molar refractivity (Wildman–Crippen MR) is 127 cm³/mol. The molecule has 0 aliphatic heterocycles. The number of rotatable bonds is 8. The molecule has 0 aliphatic carbocycles. The molecule has 0 saturated heterocycles. The van der Waals surface area contributed by atoms with Crippen LogP contribution in [0.2, 0.25) is 5.02 Å². The molecule has 1 N–H and O–H groups in total. The number of aryl methyl sites for hydroxylation is 2. The van der Waals surface area contributed by atoms with Crippen LogP contribution in [0.5, 0.6) is 5.75 Å². The van der Waals surface area contributed by atoms with Gasteiger partial charge in [0.15, 0.2) is 0 Å². The molecule has 1 amide bonds. The number of nitrogens with one attached hydrogen (secondary N) is 1. The maximum absolute atomic E-state index is 13.4. The normalized spacial score (nSPS) is 11.3. The number of anilines is 1. The number of benzene rings is 1. The van der Waals surface area contributed by atoms with Gasteiger partial charge in [-0.3, -0.25) is 19.1 Å². The molecule has 0 bridgehead atoms. The summed E-state index contributed by atoms with van der Waals surface area (Å²) in [6, 6.07) is 4.98. The molecule has 2 heterocycles. The van der Waals surface area contributed by atoms with Crippen molar-refractivity contribution in [2.24, 2.45) is 0 Å². The summed E-state index contributed by atoms with van der Waals surface area (Å²) in [6.45, 7) is 9.99. The third-order valence-electron chi connectivity index (χ3n) is 5.36. The van der Waals surface area contributed by atoms with Crippen molar-refractivity contribution in [3.8, 4) is 5.75 Å². The minimum absolute atomic E-state index is 0.150. The fraction of sp³-hybridized carbons (Fsp3) is 0.409. The first kappa shape index (κ1) is 23.2. The van der Waals surface area contributed by atoms with E-state index in [1.54, 1.807) is 18.2 Å². The zero-order chi connectivity index (χ0) is 22.7. The summed E-state index contributed by atoms with van der Waals surface area (Å²) >= 11 is 7.58. The lowest BCUT2D eigenvalue weighted by atomic mass is 10.2. The van der Waals surface area contributed by atoms with Crippen LogP contribution in [0.25, 0.3) is 10.2 Å². The van der Waals surface area contributed by atoms with Gasteiger partial charge in [-0.05, 0) is 50.7 Å². The number of thiophene rings is 1. The summed E-state index contributed by atoms with van der Waals surface area (Å²) in [6.07, 6.45) is 0. The molecule has 0 spiro atoms. The first-order valence-electron chi connectivity index (χ1n) is 10.1. The van der Waals surface area contributed by atoms with E-state index in [2.05, 4.69) is 24.1 Å². The lowest BCUT2D eigenvalue weighted by Crippen LogP contribution is -2.34. The highest BCUT2D eigenvalue weighted by Gasteiger charge is 2.20. The van der Waals surface area contributed by atoms with E-state index in [9.17, 15) is 9.59 Å². The zero-order valence-corrected chi connectivity index (χ0v) is 20.0. The molecule has 0 radical (unpaired) electrons. The average Bonchev–Trinajstić information content (AvgIpc) is 3.02. The van der Waals surface area contributed by atoms with Crippen molar-refractivity contribution in [1.82, 2.24) is 14.5 Å². The van der Waals surface area contributed by atoms with Gasteiger partial charge in [-0.25, -0.2) is 4.98 Å². The minimum Gasteiger partial charge on any atom is -0.495 e. The van der Waals surface area contributed by atoms with Crippen LogP contribution in [-0.4, -0.2) is 40.6 Å². The third kappa shape index (κ3) is 4.92. The summed E-state index contributed by atoms with van der Waals surface area (Å²) in [5, 5.41) is 3.86. The Bertz CT molecular complexity index is 1170. The van der Waals surface area contributed by atoms with E-state index >= 15 is 0 Å². The van der Waals surface area contributed by atoms with Gasteiger partial charge in [0, 0.05) is 9.90 Å². The molecule has 1 aromatic carbocycles. The summed E-state index contributed by atoms with van der Waals surface area (Å²) < 4.78 is 6.78. The van der Waals surface area contributed by atoms with Crippen molar-refractivity contribution in [1.29, 1.82) is 0 Å². The molecule has 3 aromatic rings. The second-order valence-corrected chi connectivity index (χ2v) is 8.88. The fourth-order valence-electron chi connectivity index (χ4n) is 3.41. The maximum atomic E-state index is 13.4. The number of carbonyl (C=O) groups excluding carboxylic acids is 1. The molecular formula is C22H27ClN4O3S. The highest BCUT2D eigenvalue weighted by molar-refractivity contribution is 7.18. The quantitative estimate of drug-likeness (QED) is 0.542. The number of ether oxygens (including phenoxy) is 1. The Labute approximate surface area is 190 Å². The van der Waals surface area contributed by atoms with E-state index in [1.165, 1.54) is 23.0 Å². The standard InChI is InChI=1S/C22H27ClN4O3S/c1-6-26(7-2)11-18-25-21-20(13(3)14(4)31-21)22(29)27(18)12-19(28)24-16-10-15(23)8-9-17(16)30-5/h8-10H,6-7,11-12H2,1-5H3,(H,24,28). The van der Waals surface area contributed by atoms with E-state index in [-0.39, 0.29) is 18.0 Å². The van der Waals surface area contributed by atoms with Gasteiger partial charge in [-0.15, -0.1) is 11.3 Å². The van der Waals surface area contributed by atoms with E-state index < -0.39 is 0 Å². The van der Waals surface area contributed by atoms with E-state index in [0.29, 0.717) is 34.2 Å². The number of fused-ring (bicyclic) bond motifs is 1. The molecule has 0 atom stereocenters. The van der Waals surface area contributed by atoms with Gasteiger partial charge >= 0.3 is 0 Å². The Morgan fingerprint density at radius 3 is 2.65 bits per heavy atom. The van der Waals surface area contributed by atoms with Gasteiger partial charge in [0.05, 0.1) is 24.7 Å². The van der Waals surface area contributed by atoms with Gasteiger partial charge in [0.1, 0.15) is 22.9 Å². The summed E-state index contributed by atoms with van der Waals surface area (Å²) in [7, 11) is 1.52. The van der Waals surface area contributed by atoms with Crippen LogP contribution in [-0.2, 0) is 17.9 Å². The van der Waals surface area contributed by atoms with Crippen LogP contribution in [0.15, 0.2) is 23.0 Å². The number of carbonyl (C=O) groups is 1. The largest absolute Gasteiger partial charge is 0.495 e. The monoisotopic (exact) mass is 462 g/mol. The van der Waals surface area contributed by atoms with Gasteiger partial charge in [-0.2, -0.15) is 0 Å². The highest BCUT2D eigenvalue weighted by atomic mass is 35.5. The Morgan fingerprint density at radius 2 is 2.00 bits per heavy atom. The van der Waals surface area contributed by atoms with Crippen LogP contribution in [0.1, 0.15) is 30.1 Å². The fourth-order valence-corrected chi connectivity index (χ4v) is 4.62. The second-order valence-electron chi connectivity index (χ2n) is 7.24. The molecule has 0 fully saturated rings. The Kier molecular flexibility index (Phi) is 7.35. The van der Waals surface area contributed by atoms with Crippen molar-refractivity contribution in [2.45, 2.75) is 40.8 Å². The van der Waals surface area contributed by atoms with Crippen molar-refractivity contribution in [2.75, 3.05) is 25.5 Å². The number of nitrogens with zero attached hydrogens (tertiary/aromatic N) is 3. The first-order chi connectivity index (χ1) is 14.8. The molecule has 0 aliphatic rings. The summed E-state index contributed by atoms with van der Waals surface area (Å²) in [5.41, 5.74) is 1.18. The van der Waals surface area contributed by atoms with Crippen molar-refractivity contribution in [3.05, 3.63) is 49.8 Å². The van der Waals surface area contributed by atoms with E-state index in [0.717, 1.165) is 28.4 Å². The van der Waals surface area contributed by atoms with E-state index in [1.807, 2.05) is 13.8 Å². The lowest BCUT2D eigenvalue weighted by molar-refractivity contribution is -0.116. The molecule has 31 heavy (non-hydrogen) atoms. The van der Waals surface area contributed by atoms with Crippen molar-refractivity contribution >= 4 is 44.7 Å². The average molecular weight is 463 g/mol. The van der Waals surface area contributed by atoms with Crippen molar-refractivity contribution < 1.29 is 9.53 Å². The SMILES string of the molecule is CCN(CC)Cc1nc2sc(C)c(C)c2c(=O)n1CC(=O)Nc1cc(Cl)ccc1OC. The van der Waals surface area contributed by atoms with Crippen LogP contribution < -0.4 is 15.6 Å². The van der Waals surface area contributed by atoms with E-state index in [4.69, 9.17) is 21.3 Å². The Morgan fingerprint density at radius 1 is 1.29 bits per heavy atom. The number of hydrogen-bond donors (Lipinski definition) is 1. The molecule has 0 unspecified atom stereocenters. The summed E-state index contributed by atoms with van der Waals surface area (Å²) in [5.74, 6) is 0.719. The first-order valence-corrected chi connectivity index (χ1v) is 11.3. The smallest absolute Gasteiger partial charge is 0.263 e. The van der Waals surface area contributed by atoms with Gasteiger partial charge < -0.3 is 10.1 Å². The zero-order valence-electron chi connectivity index (χ0n) is 18.4. The number of halogens is 1. The van der Waals surface area contributed by atoms with Gasteiger partial charge in [0.2, 0.25) is 5.91 Å². The van der Waals surface area contributed by atoms with Gasteiger partial charge in [0.25, 0.3) is 5.56 Å². The van der Waals surface area contributed by atoms with Crippen LogP contribution in [0, 0.1) is 13.8 Å². The van der Waals surface area contributed by atoms with Crippen LogP contribution >= 0.6 is 22.9 Å². The van der Waals surface area contributed by atoms with Crippen LogP contribution in [0.3, 0.4) is 0 Å². The maximum Gasteiger partial charge on any atom is 0.263 e. The molecule has 166 valence electrons. The number of methoxy groups -OCH3 is 1. The number of aromatic nitrogens is 2. The predicted octanol–water partition coefficient (Wildman–Crippen LogP) is 4.22. The van der Waals surface area contributed by atoms with Gasteiger partial charge in [-0.1, -0.05) is 25.4 Å². The molecular weight excluding hydrogens is 436 g/mol. The Hall–Kier alpha value is -2.42. The number of amides is 1. The second kappa shape index (κ2) is 9.80. The minimum atomic E-state index is -0.353. The molecule has 2 aromatic heterocycles. The lowest BCUT2D eigenvalue weighted by Gasteiger charge is -2.20. The van der Waals surface area contributed by atoms with Crippen molar-refractivity contribution in [3.63, 3.8) is 0 Å². The summed E-state index contributed by atoms with van der Waals surface area (Å²) in [4.78, 5) is 35.0. The molecule has 9 heteroatoms. The van der Waals surface area contributed by atoms with Crippen LogP contribution in [0.4, 0.5) is 5.69 Å².